The molecule has 1 unspecified atom stereocenters. The molecule has 0 aliphatic heterocycles. The minimum Gasteiger partial charge on any atom is -0.479 e. The lowest BCUT2D eigenvalue weighted by Gasteiger charge is -2.20. The first kappa shape index (κ1) is 27.3. The number of methoxy groups -OCH3 is 1. The van der Waals surface area contributed by atoms with Gasteiger partial charge in [-0.2, -0.15) is 10.2 Å². The maximum atomic E-state index is 13.1. The molecule has 0 radical (unpaired) electrons. The Balaban J connectivity index is 1.67. The zero-order valence-electron chi connectivity index (χ0n) is 22.6. The van der Waals surface area contributed by atoms with Gasteiger partial charge in [-0.1, -0.05) is 55.8 Å². The molecule has 0 aliphatic carbocycles. The van der Waals surface area contributed by atoms with Crippen LogP contribution in [-0.4, -0.2) is 28.7 Å². The van der Waals surface area contributed by atoms with Gasteiger partial charge in [0.25, 0.3) is 5.56 Å². The summed E-state index contributed by atoms with van der Waals surface area (Å²) in [5.41, 5.74) is 5.65. The van der Waals surface area contributed by atoms with Crippen molar-refractivity contribution in [3.05, 3.63) is 111 Å². The number of ether oxygens (including phenoxy) is 2. The van der Waals surface area contributed by atoms with Crippen LogP contribution >= 0.6 is 0 Å². The van der Waals surface area contributed by atoms with Gasteiger partial charge in [-0.15, -0.1) is 0 Å². The topological polar surface area (TPSA) is 94.2 Å². The molecule has 0 bridgehead atoms. The fourth-order valence-corrected chi connectivity index (χ4v) is 4.67. The molecule has 1 heterocycles. The molecule has 3 aromatic carbocycles. The van der Waals surface area contributed by atoms with Crippen molar-refractivity contribution >= 4 is 5.97 Å². The zero-order valence-corrected chi connectivity index (χ0v) is 22.6. The van der Waals surface area contributed by atoms with Crippen LogP contribution in [0.5, 0.6) is 5.75 Å². The lowest BCUT2D eigenvalue weighted by molar-refractivity contribution is -0.147. The highest BCUT2D eigenvalue weighted by Gasteiger charge is 2.18. The van der Waals surface area contributed by atoms with Gasteiger partial charge in [0.15, 0.2) is 6.10 Å². The fourth-order valence-electron chi connectivity index (χ4n) is 4.67. The number of hydrogen-bond acceptors (Lipinski definition) is 6. The minimum atomic E-state index is -0.723. The maximum Gasteiger partial charge on any atom is 0.346 e. The number of aromatic nitrogens is 2. The molecule has 0 N–H and O–H groups in total. The van der Waals surface area contributed by atoms with Gasteiger partial charge in [0, 0.05) is 23.4 Å². The first-order valence-corrected chi connectivity index (χ1v) is 12.9. The van der Waals surface area contributed by atoms with Crippen molar-refractivity contribution in [2.75, 3.05) is 7.11 Å². The molecule has 0 spiro atoms. The van der Waals surface area contributed by atoms with Gasteiger partial charge in [0.05, 0.1) is 18.7 Å². The second kappa shape index (κ2) is 12.2. The van der Waals surface area contributed by atoms with E-state index >= 15 is 0 Å². The Kier molecular flexibility index (Phi) is 8.57. The van der Waals surface area contributed by atoms with E-state index in [0.717, 1.165) is 34.5 Å². The van der Waals surface area contributed by atoms with Crippen LogP contribution in [0, 0.1) is 18.3 Å². The monoisotopic (exact) mass is 521 g/mol. The molecule has 0 saturated heterocycles. The Hall–Kier alpha value is -4.70. The first-order valence-electron chi connectivity index (χ1n) is 12.9. The number of nitrogens with zero attached hydrogens (tertiary/aromatic N) is 3. The quantitative estimate of drug-likeness (QED) is 0.268. The molecule has 0 fully saturated rings. The fraction of sp³-hybridized carbons (Fsp3) is 0.250. The van der Waals surface area contributed by atoms with Crippen molar-refractivity contribution in [2.24, 2.45) is 0 Å². The van der Waals surface area contributed by atoms with E-state index in [-0.39, 0.29) is 5.56 Å². The van der Waals surface area contributed by atoms with Crippen LogP contribution < -0.4 is 10.3 Å². The molecule has 0 saturated carbocycles. The summed E-state index contributed by atoms with van der Waals surface area (Å²) in [5.74, 6) is 0.697. The number of hydrogen-bond donors (Lipinski definition) is 0. The molecule has 4 rings (SSSR count). The predicted molar refractivity (Wildman–Crippen MR) is 150 cm³/mol. The second-order valence-corrected chi connectivity index (χ2v) is 9.28. The Labute approximate surface area is 228 Å². The molecule has 0 amide bonds. The summed E-state index contributed by atoms with van der Waals surface area (Å²) in [6.07, 6.45) is 1.29. The Bertz CT molecular complexity index is 1570. The zero-order chi connectivity index (χ0) is 27.9. The summed E-state index contributed by atoms with van der Waals surface area (Å²) < 4.78 is 12.4. The highest BCUT2D eigenvalue weighted by Crippen LogP contribution is 2.26. The van der Waals surface area contributed by atoms with Crippen molar-refractivity contribution in [1.82, 2.24) is 9.55 Å². The van der Waals surface area contributed by atoms with Crippen LogP contribution in [-0.2, 0) is 22.4 Å². The van der Waals surface area contributed by atoms with Crippen LogP contribution in [0.4, 0.5) is 0 Å². The molecule has 0 aliphatic rings. The van der Waals surface area contributed by atoms with Gasteiger partial charge >= 0.3 is 5.97 Å². The van der Waals surface area contributed by atoms with Crippen LogP contribution in [0.1, 0.15) is 48.5 Å². The molecular weight excluding hydrogens is 490 g/mol. The number of rotatable bonds is 9. The van der Waals surface area contributed by atoms with Crippen LogP contribution in [0.15, 0.2) is 77.6 Å². The van der Waals surface area contributed by atoms with E-state index in [2.05, 4.69) is 18.0 Å². The molecular formula is C32H31N3O4. The Morgan fingerprint density at radius 1 is 1.05 bits per heavy atom. The predicted octanol–water partition coefficient (Wildman–Crippen LogP) is 5.56. The third-order valence-electron chi connectivity index (χ3n) is 6.58. The number of carbonyl (C=O) groups excluding carboxylic acids is 1. The lowest BCUT2D eigenvalue weighted by Crippen LogP contribution is -2.25. The van der Waals surface area contributed by atoms with E-state index in [1.807, 2.05) is 66.1 Å². The average molecular weight is 522 g/mol. The normalized spacial score (nSPS) is 11.5. The molecule has 39 heavy (non-hydrogen) atoms. The summed E-state index contributed by atoms with van der Waals surface area (Å²) >= 11 is 0. The summed E-state index contributed by atoms with van der Waals surface area (Å²) in [4.78, 5) is 29.2. The summed E-state index contributed by atoms with van der Waals surface area (Å²) in [5, 5.41) is 9.45. The number of aryl methyl sites for hydroxylation is 1. The van der Waals surface area contributed by atoms with Crippen molar-refractivity contribution in [3.63, 3.8) is 0 Å². The smallest absolute Gasteiger partial charge is 0.346 e. The molecule has 1 atom stereocenters. The molecule has 198 valence electrons. The van der Waals surface area contributed by atoms with Gasteiger partial charge in [0.1, 0.15) is 11.6 Å². The van der Waals surface area contributed by atoms with Crippen molar-refractivity contribution in [2.45, 2.75) is 46.1 Å². The van der Waals surface area contributed by atoms with E-state index in [9.17, 15) is 14.9 Å². The number of carbonyl (C=O) groups is 1. The molecule has 7 heteroatoms. The Morgan fingerprint density at radius 3 is 2.38 bits per heavy atom. The lowest BCUT2D eigenvalue weighted by atomic mass is 9.97. The number of esters is 1. The van der Waals surface area contributed by atoms with E-state index in [1.54, 1.807) is 25.1 Å². The highest BCUT2D eigenvalue weighted by atomic mass is 16.6. The van der Waals surface area contributed by atoms with E-state index in [4.69, 9.17) is 9.47 Å². The average Bonchev–Trinajstić information content (AvgIpc) is 2.95. The number of benzene rings is 3. The van der Waals surface area contributed by atoms with Gasteiger partial charge in [-0.05, 0) is 67.3 Å². The van der Waals surface area contributed by atoms with E-state index in [1.165, 1.54) is 7.11 Å². The maximum absolute atomic E-state index is 13.1. The highest BCUT2D eigenvalue weighted by molar-refractivity contribution is 5.74. The summed E-state index contributed by atoms with van der Waals surface area (Å²) in [7, 11) is 1.33. The summed E-state index contributed by atoms with van der Waals surface area (Å²) in [6.45, 7) is 5.55. The third-order valence-corrected chi connectivity index (χ3v) is 6.58. The van der Waals surface area contributed by atoms with E-state index in [0.29, 0.717) is 35.5 Å². The standard InChI is InChI=1S/C32H31N3O4/c1-5-8-30-29(19-23-11-13-24(14-12-23)28-10-7-6-9-25(28)20-33)31(36)34-22(3)35(30)26-15-17-27(18-16-26)39-21(2)32(37)38-4/h6-7,9-18,21H,5,8,19H2,1-4H3. The first-order chi connectivity index (χ1) is 18.9. The largest absolute Gasteiger partial charge is 0.479 e. The van der Waals surface area contributed by atoms with Crippen LogP contribution in [0.2, 0.25) is 0 Å². The van der Waals surface area contributed by atoms with Gasteiger partial charge in [-0.25, -0.2) is 4.79 Å². The number of nitriles is 1. The SMILES string of the molecule is CCCc1c(Cc2ccc(-c3ccccc3C#N)cc2)c(=O)nc(C)n1-c1ccc(OC(C)C(=O)OC)cc1. The van der Waals surface area contributed by atoms with E-state index < -0.39 is 12.1 Å². The molecule has 7 nitrogen and oxygen atoms in total. The van der Waals surface area contributed by atoms with Crippen molar-refractivity contribution in [1.29, 1.82) is 5.26 Å². The van der Waals surface area contributed by atoms with Crippen molar-refractivity contribution in [3.8, 4) is 28.6 Å². The third kappa shape index (κ3) is 6.07. The van der Waals surface area contributed by atoms with Gasteiger partial charge in [0.2, 0.25) is 0 Å². The molecule has 1 aromatic heterocycles. The van der Waals surface area contributed by atoms with Crippen molar-refractivity contribution < 1.29 is 14.3 Å². The minimum absolute atomic E-state index is 0.224. The van der Waals surface area contributed by atoms with Gasteiger partial charge in [-0.3, -0.25) is 4.79 Å². The van der Waals surface area contributed by atoms with Crippen LogP contribution in [0.3, 0.4) is 0 Å². The summed E-state index contributed by atoms with van der Waals surface area (Å²) in [6, 6.07) is 25.1. The van der Waals surface area contributed by atoms with Gasteiger partial charge < -0.3 is 14.0 Å². The Morgan fingerprint density at radius 2 is 1.74 bits per heavy atom. The molecule has 4 aromatic rings. The van der Waals surface area contributed by atoms with Crippen LogP contribution in [0.25, 0.3) is 16.8 Å². The second-order valence-electron chi connectivity index (χ2n) is 9.28.